The van der Waals surface area contributed by atoms with Gasteiger partial charge in [-0.3, -0.25) is 4.79 Å². The highest BCUT2D eigenvalue weighted by Gasteiger charge is 2.38. The first-order valence-electron chi connectivity index (χ1n) is 14.0. The lowest BCUT2D eigenvalue weighted by Gasteiger charge is -2.40. The number of anilines is 2. The van der Waals surface area contributed by atoms with Crippen molar-refractivity contribution >= 4 is 17.3 Å². The average molecular weight is 581 g/mol. The molecule has 2 N–H and O–H groups in total. The van der Waals surface area contributed by atoms with Gasteiger partial charge in [0.25, 0.3) is 0 Å². The molecule has 0 spiro atoms. The minimum atomic E-state index is -2.73. The molecule has 0 saturated heterocycles. The molecular weight excluding hydrogens is 548 g/mol. The van der Waals surface area contributed by atoms with Crippen LogP contribution < -0.4 is 10.2 Å². The number of nitrogens with zero attached hydrogens (tertiary/aromatic N) is 4. The minimum absolute atomic E-state index is 0.121. The van der Waals surface area contributed by atoms with Crippen molar-refractivity contribution in [3.05, 3.63) is 77.9 Å². The number of aromatic amines is 1. The number of benzene rings is 3. The van der Waals surface area contributed by atoms with Gasteiger partial charge in [-0.15, -0.1) is 10.2 Å². The Kier molecular flexibility index (Phi) is 8.56. The molecule has 4 aromatic rings. The largest absolute Gasteiger partial charge is 0.367 e. The molecule has 3 aromatic carbocycles. The molecule has 1 aromatic heterocycles. The van der Waals surface area contributed by atoms with E-state index in [1.807, 2.05) is 18.7 Å². The standard InChI is InChI=1S/C31H32F4N6O/c1-19(2)18-41(21-11-13-31(34,35)14-12-21)28-17-26(33)24(22-8-4-5-9-23(22)30-37-39-40-38-30)16-27(28)36-29(42)15-20-7-3-6-10-25(20)32/h3-10,16-17,19,21H,11-15,18H2,1-2H3,(H,36,42)(H,37,38,39,40). The second-order valence-corrected chi connectivity index (χ2v) is 11.1. The zero-order valence-electron chi connectivity index (χ0n) is 23.4. The first kappa shape index (κ1) is 29.2. The number of aromatic nitrogens is 4. The Morgan fingerprint density at radius 2 is 1.69 bits per heavy atom. The maximum Gasteiger partial charge on any atom is 0.248 e. The van der Waals surface area contributed by atoms with Gasteiger partial charge in [-0.05, 0) is 53.3 Å². The van der Waals surface area contributed by atoms with Crippen LogP contribution in [0.15, 0.2) is 60.7 Å². The summed E-state index contributed by atoms with van der Waals surface area (Å²) in [5.74, 6) is -3.91. The van der Waals surface area contributed by atoms with E-state index in [1.54, 1.807) is 36.4 Å². The van der Waals surface area contributed by atoms with E-state index in [1.165, 1.54) is 24.3 Å². The van der Waals surface area contributed by atoms with Crippen molar-refractivity contribution in [2.24, 2.45) is 5.92 Å². The number of nitrogens with one attached hydrogen (secondary N) is 2. The van der Waals surface area contributed by atoms with Crippen molar-refractivity contribution in [1.29, 1.82) is 0 Å². The molecule has 1 saturated carbocycles. The van der Waals surface area contributed by atoms with E-state index in [0.29, 0.717) is 29.0 Å². The van der Waals surface area contributed by atoms with Crippen LogP contribution in [0, 0.1) is 17.6 Å². The van der Waals surface area contributed by atoms with E-state index in [2.05, 4.69) is 25.9 Å². The van der Waals surface area contributed by atoms with Crippen LogP contribution in [0.1, 0.15) is 45.1 Å². The smallest absolute Gasteiger partial charge is 0.248 e. The highest BCUT2D eigenvalue weighted by molar-refractivity contribution is 5.97. The fraction of sp³-hybridized carbons (Fsp3) is 0.355. The molecule has 1 heterocycles. The van der Waals surface area contributed by atoms with Gasteiger partial charge in [0, 0.05) is 36.6 Å². The number of hydrogen-bond acceptors (Lipinski definition) is 5. The average Bonchev–Trinajstić information content (AvgIpc) is 3.49. The fourth-order valence-electron chi connectivity index (χ4n) is 5.48. The third kappa shape index (κ3) is 6.61. The first-order chi connectivity index (χ1) is 20.1. The van der Waals surface area contributed by atoms with Gasteiger partial charge in [0.1, 0.15) is 11.6 Å². The Morgan fingerprint density at radius 3 is 2.36 bits per heavy atom. The molecule has 1 fully saturated rings. The molecule has 1 aliphatic carbocycles. The zero-order chi connectivity index (χ0) is 29.9. The molecule has 0 aliphatic heterocycles. The number of H-pyrrole nitrogens is 1. The van der Waals surface area contributed by atoms with Crippen molar-refractivity contribution in [2.45, 2.75) is 57.9 Å². The molecule has 1 aliphatic rings. The van der Waals surface area contributed by atoms with E-state index in [-0.39, 0.29) is 61.0 Å². The fourth-order valence-corrected chi connectivity index (χ4v) is 5.48. The van der Waals surface area contributed by atoms with Crippen LogP contribution in [-0.4, -0.2) is 45.0 Å². The Hall–Kier alpha value is -4.28. The van der Waals surface area contributed by atoms with Gasteiger partial charge in [-0.25, -0.2) is 17.6 Å². The van der Waals surface area contributed by atoms with E-state index < -0.39 is 23.5 Å². The van der Waals surface area contributed by atoms with Gasteiger partial charge < -0.3 is 10.2 Å². The monoisotopic (exact) mass is 580 g/mol. The maximum absolute atomic E-state index is 16.1. The molecule has 0 bridgehead atoms. The van der Waals surface area contributed by atoms with Crippen molar-refractivity contribution in [1.82, 2.24) is 20.6 Å². The molecule has 0 radical (unpaired) electrons. The van der Waals surface area contributed by atoms with Crippen LogP contribution in [0.25, 0.3) is 22.5 Å². The summed E-state index contributed by atoms with van der Waals surface area (Å²) in [4.78, 5) is 15.2. The van der Waals surface area contributed by atoms with Crippen molar-refractivity contribution < 1.29 is 22.4 Å². The number of tetrazole rings is 1. The van der Waals surface area contributed by atoms with Crippen LogP contribution in [0.5, 0.6) is 0 Å². The summed E-state index contributed by atoms with van der Waals surface area (Å²) in [6.07, 6.45) is -0.309. The Balaban J connectivity index is 1.59. The highest BCUT2D eigenvalue weighted by Crippen LogP contribution is 2.42. The summed E-state index contributed by atoms with van der Waals surface area (Å²) < 4.78 is 58.6. The number of hydrogen-bond donors (Lipinski definition) is 2. The molecular formula is C31H32F4N6O. The second-order valence-electron chi connectivity index (χ2n) is 11.1. The number of amides is 1. The second kappa shape index (κ2) is 12.3. The predicted octanol–water partition coefficient (Wildman–Crippen LogP) is 7.03. The summed E-state index contributed by atoms with van der Waals surface area (Å²) in [5.41, 5.74) is 2.08. The van der Waals surface area contributed by atoms with Crippen LogP contribution in [0.4, 0.5) is 28.9 Å². The lowest BCUT2D eigenvalue weighted by atomic mass is 9.89. The summed E-state index contributed by atoms with van der Waals surface area (Å²) in [7, 11) is 0. The molecule has 220 valence electrons. The number of halogens is 4. The molecule has 11 heteroatoms. The molecule has 7 nitrogen and oxygen atoms in total. The Morgan fingerprint density at radius 1 is 1.00 bits per heavy atom. The van der Waals surface area contributed by atoms with Crippen LogP contribution >= 0.6 is 0 Å². The molecule has 5 rings (SSSR count). The van der Waals surface area contributed by atoms with Crippen molar-refractivity contribution in [3.63, 3.8) is 0 Å². The molecule has 1 amide bonds. The van der Waals surface area contributed by atoms with Gasteiger partial charge in [-0.1, -0.05) is 56.3 Å². The van der Waals surface area contributed by atoms with Crippen molar-refractivity contribution in [3.8, 4) is 22.5 Å². The van der Waals surface area contributed by atoms with Crippen LogP contribution in [0.3, 0.4) is 0 Å². The van der Waals surface area contributed by atoms with Gasteiger partial charge >= 0.3 is 0 Å². The minimum Gasteiger partial charge on any atom is -0.367 e. The Bertz CT molecular complexity index is 1530. The van der Waals surface area contributed by atoms with Gasteiger partial charge in [0.2, 0.25) is 17.7 Å². The van der Waals surface area contributed by atoms with Crippen LogP contribution in [-0.2, 0) is 11.2 Å². The van der Waals surface area contributed by atoms with E-state index in [4.69, 9.17) is 0 Å². The molecule has 0 unspecified atom stereocenters. The summed E-state index contributed by atoms with van der Waals surface area (Å²) >= 11 is 0. The normalized spacial score (nSPS) is 15.1. The van der Waals surface area contributed by atoms with Gasteiger partial charge in [-0.2, -0.15) is 5.21 Å². The highest BCUT2D eigenvalue weighted by atomic mass is 19.3. The number of carbonyl (C=O) groups is 1. The zero-order valence-corrected chi connectivity index (χ0v) is 23.4. The quantitative estimate of drug-likeness (QED) is 0.208. The third-order valence-electron chi connectivity index (χ3n) is 7.47. The summed E-state index contributed by atoms with van der Waals surface area (Å²) in [6, 6.07) is 15.6. The van der Waals surface area contributed by atoms with Crippen LogP contribution in [0.2, 0.25) is 0 Å². The lowest BCUT2D eigenvalue weighted by molar-refractivity contribution is -0.115. The predicted molar refractivity (Wildman–Crippen MR) is 153 cm³/mol. The topological polar surface area (TPSA) is 86.8 Å². The summed E-state index contributed by atoms with van der Waals surface area (Å²) in [6.45, 7) is 4.45. The third-order valence-corrected chi connectivity index (χ3v) is 7.47. The molecule has 0 atom stereocenters. The van der Waals surface area contributed by atoms with E-state index in [0.717, 1.165) is 0 Å². The van der Waals surface area contributed by atoms with E-state index >= 15 is 4.39 Å². The van der Waals surface area contributed by atoms with Gasteiger partial charge in [0.15, 0.2) is 0 Å². The number of alkyl halides is 2. The lowest BCUT2D eigenvalue weighted by Crippen LogP contribution is -2.43. The first-order valence-corrected chi connectivity index (χ1v) is 14.0. The summed E-state index contributed by atoms with van der Waals surface area (Å²) in [5, 5.41) is 17.0. The van der Waals surface area contributed by atoms with Crippen molar-refractivity contribution in [2.75, 3.05) is 16.8 Å². The number of rotatable bonds is 9. The van der Waals surface area contributed by atoms with E-state index in [9.17, 15) is 18.0 Å². The SMILES string of the molecule is CC(C)CN(c1cc(F)c(-c2ccccc2-c2nn[nH]n2)cc1NC(=O)Cc1ccccc1F)C1CCC(F)(F)CC1. The maximum atomic E-state index is 16.1. The Labute approximate surface area is 241 Å². The van der Waals surface area contributed by atoms with Gasteiger partial charge in [0.05, 0.1) is 17.8 Å². The molecule has 42 heavy (non-hydrogen) atoms. The number of carbonyl (C=O) groups excluding carboxylic acids is 1.